The summed E-state index contributed by atoms with van der Waals surface area (Å²) in [7, 11) is 4.10. The number of hydrogen-bond acceptors (Lipinski definition) is 3. The number of hydrogen-bond donors (Lipinski definition) is 1. The molecule has 4 aromatic carbocycles. The van der Waals surface area contributed by atoms with Crippen LogP contribution in [0, 0.1) is 5.41 Å². The smallest absolute Gasteiger partial charge is 0.127 e. The van der Waals surface area contributed by atoms with Crippen molar-refractivity contribution in [3.8, 4) is 11.5 Å². The molecule has 0 bridgehead atoms. The molecule has 4 aromatic rings. The van der Waals surface area contributed by atoms with Crippen LogP contribution in [-0.4, -0.2) is 19.8 Å². The fourth-order valence-electron chi connectivity index (χ4n) is 4.14. The Bertz CT molecular complexity index is 1480. The zero-order valence-corrected chi connectivity index (χ0v) is 19.3. The maximum Gasteiger partial charge on any atom is 0.127 e. The van der Waals surface area contributed by atoms with Gasteiger partial charge in [0.25, 0.3) is 0 Å². The van der Waals surface area contributed by atoms with Gasteiger partial charge in [0, 0.05) is 19.8 Å². The Morgan fingerprint density at radius 1 is 0.706 bits per heavy atom. The summed E-state index contributed by atoms with van der Waals surface area (Å²) in [5.74, 6) is 1.63. The maximum atomic E-state index is 7.92. The zero-order valence-electron chi connectivity index (χ0n) is 19.3. The molecule has 5 rings (SSSR count). The van der Waals surface area contributed by atoms with E-state index in [1.807, 2.05) is 60.7 Å². The molecule has 1 aliphatic carbocycles. The Morgan fingerprint density at radius 3 is 2.03 bits per heavy atom. The number of nitrogens with zero attached hydrogens (tertiary/aromatic N) is 1. The lowest BCUT2D eigenvalue weighted by Crippen LogP contribution is -2.18. The number of rotatable bonds is 5. The fourth-order valence-corrected chi connectivity index (χ4v) is 4.14. The normalized spacial score (nSPS) is 13.1. The molecule has 0 heterocycles. The summed E-state index contributed by atoms with van der Waals surface area (Å²) in [5, 5.41) is 10.1. The Labute approximate surface area is 200 Å². The average Bonchev–Trinajstić information content (AvgIpc) is 2.86. The summed E-state index contributed by atoms with van der Waals surface area (Å²) in [6.07, 6.45) is 5.76. The highest BCUT2D eigenvalue weighted by Gasteiger charge is 2.10. The van der Waals surface area contributed by atoms with Crippen LogP contribution in [0.4, 0.5) is 5.69 Å². The van der Waals surface area contributed by atoms with Crippen molar-refractivity contribution in [2.24, 2.45) is 0 Å². The van der Waals surface area contributed by atoms with Crippen molar-refractivity contribution in [2.75, 3.05) is 19.0 Å². The summed E-state index contributed by atoms with van der Waals surface area (Å²) in [6, 6.07) is 33.2. The zero-order chi connectivity index (χ0) is 23.5. The Hall–Kier alpha value is -4.37. The first-order valence-corrected chi connectivity index (χ1v) is 11.3. The third-order valence-electron chi connectivity index (χ3n) is 5.92. The van der Waals surface area contributed by atoms with Crippen LogP contribution in [0.2, 0.25) is 0 Å². The molecule has 166 valence electrons. The lowest BCUT2D eigenvalue weighted by molar-refractivity contribution is 0.482. The van der Waals surface area contributed by atoms with Crippen LogP contribution in [0.25, 0.3) is 17.7 Å². The van der Waals surface area contributed by atoms with Crippen LogP contribution < -0.4 is 20.1 Å². The molecule has 0 unspecified atom stereocenters. The van der Waals surface area contributed by atoms with E-state index in [1.165, 1.54) is 0 Å². The third-order valence-corrected chi connectivity index (χ3v) is 5.92. The Morgan fingerprint density at radius 2 is 1.35 bits per heavy atom. The molecule has 3 nitrogen and oxygen atoms in total. The van der Waals surface area contributed by atoms with Crippen molar-refractivity contribution in [3.05, 3.63) is 130 Å². The van der Waals surface area contributed by atoms with E-state index < -0.39 is 0 Å². The van der Waals surface area contributed by atoms with E-state index in [0.717, 1.165) is 49.9 Å². The standard InChI is InChI=1S/C31H26N2O/c1-33(2)28-16-11-22(12-17-28)31(26-9-8-25-21-27(32)15-10-24(25)20-26)23-13-18-30(19-14-23)34-29-6-4-3-5-7-29/h3-21,32H,1-2H3/b31-26+,32-27?. The molecule has 0 saturated heterocycles. The van der Waals surface area contributed by atoms with Crippen molar-refractivity contribution in [2.45, 2.75) is 0 Å². The lowest BCUT2D eigenvalue weighted by Gasteiger charge is -2.15. The van der Waals surface area contributed by atoms with Gasteiger partial charge in [-0.05, 0) is 87.3 Å². The summed E-state index contributed by atoms with van der Waals surface area (Å²) in [4.78, 5) is 2.10. The van der Waals surface area contributed by atoms with Crippen LogP contribution in [0.1, 0.15) is 16.7 Å². The van der Waals surface area contributed by atoms with Crippen LogP contribution in [0.15, 0.2) is 103 Å². The van der Waals surface area contributed by atoms with Crippen molar-refractivity contribution in [1.29, 1.82) is 5.41 Å². The fraction of sp³-hybridized carbons (Fsp3) is 0.0645. The van der Waals surface area contributed by atoms with Crippen molar-refractivity contribution in [3.63, 3.8) is 0 Å². The first-order valence-electron chi connectivity index (χ1n) is 11.3. The van der Waals surface area contributed by atoms with Crippen molar-refractivity contribution < 1.29 is 4.74 Å². The molecule has 0 aliphatic heterocycles. The van der Waals surface area contributed by atoms with E-state index in [2.05, 4.69) is 73.6 Å². The summed E-state index contributed by atoms with van der Waals surface area (Å²) in [6.45, 7) is 0. The third kappa shape index (κ3) is 4.55. The van der Waals surface area contributed by atoms with Gasteiger partial charge in [0.1, 0.15) is 11.5 Å². The van der Waals surface area contributed by atoms with Gasteiger partial charge in [0.15, 0.2) is 0 Å². The number of benzene rings is 4. The highest BCUT2D eigenvalue weighted by molar-refractivity contribution is 6.18. The first kappa shape index (κ1) is 21.5. The molecule has 0 saturated carbocycles. The number of para-hydroxylation sites is 1. The number of anilines is 1. The van der Waals surface area contributed by atoms with Gasteiger partial charge >= 0.3 is 0 Å². The number of allylic oxidation sites excluding steroid dienone is 1. The van der Waals surface area contributed by atoms with Gasteiger partial charge in [-0.1, -0.05) is 60.7 Å². The average molecular weight is 443 g/mol. The molecule has 0 radical (unpaired) electrons. The van der Waals surface area contributed by atoms with Crippen LogP contribution in [0.5, 0.6) is 11.5 Å². The molecule has 34 heavy (non-hydrogen) atoms. The molecule has 0 aromatic heterocycles. The lowest BCUT2D eigenvalue weighted by atomic mass is 9.93. The summed E-state index contributed by atoms with van der Waals surface area (Å²) >= 11 is 0. The number of fused-ring (bicyclic) bond motifs is 1. The van der Waals surface area contributed by atoms with Crippen molar-refractivity contribution in [1.82, 2.24) is 0 Å². The van der Waals surface area contributed by atoms with E-state index in [9.17, 15) is 0 Å². The van der Waals surface area contributed by atoms with Gasteiger partial charge in [-0.15, -0.1) is 0 Å². The molecule has 0 atom stereocenters. The highest BCUT2D eigenvalue weighted by Crippen LogP contribution is 2.27. The second-order valence-electron chi connectivity index (χ2n) is 8.53. The largest absolute Gasteiger partial charge is 0.457 e. The summed E-state index contributed by atoms with van der Waals surface area (Å²) < 4.78 is 6.00. The predicted octanol–water partition coefficient (Wildman–Crippen LogP) is 5.62. The van der Waals surface area contributed by atoms with Crippen LogP contribution >= 0.6 is 0 Å². The van der Waals surface area contributed by atoms with Gasteiger partial charge in [-0.3, -0.25) is 0 Å². The van der Waals surface area contributed by atoms with E-state index >= 15 is 0 Å². The van der Waals surface area contributed by atoms with E-state index in [4.69, 9.17) is 10.1 Å². The predicted molar refractivity (Wildman–Crippen MR) is 142 cm³/mol. The monoisotopic (exact) mass is 442 g/mol. The SMILES string of the molecule is CN(C)c1ccc(/C(c2ccc(Oc3ccccc3)cc2)=c2/ccc3c(c2)C=CC(=N)C=3)cc1. The first-order chi connectivity index (χ1) is 16.6. The van der Waals surface area contributed by atoms with Gasteiger partial charge in [0.05, 0.1) is 5.71 Å². The molecule has 0 amide bonds. The molecule has 3 heteroatoms. The number of nitrogens with one attached hydrogen (secondary N) is 1. The van der Waals surface area contributed by atoms with Crippen LogP contribution in [-0.2, 0) is 0 Å². The van der Waals surface area contributed by atoms with Gasteiger partial charge in [-0.25, -0.2) is 0 Å². The molecule has 0 spiro atoms. The van der Waals surface area contributed by atoms with Crippen molar-refractivity contribution >= 4 is 29.1 Å². The highest BCUT2D eigenvalue weighted by atomic mass is 16.5. The minimum atomic E-state index is 0.526. The van der Waals surface area contributed by atoms with Gasteiger partial charge in [0.2, 0.25) is 0 Å². The molecular weight excluding hydrogens is 416 g/mol. The van der Waals surface area contributed by atoms with E-state index in [-0.39, 0.29) is 0 Å². The van der Waals surface area contributed by atoms with Crippen LogP contribution in [0.3, 0.4) is 0 Å². The second kappa shape index (κ2) is 9.24. The Balaban J connectivity index is 1.62. The minimum Gasteiger partial charge on any atom is -0.457 e. The minimum absolute atomic E-state index is 0.526. The van der Waals surface area contributed by atoms with E-state index in [0.29, 0.717) is 5.71 Å². The number of ether oxygens (including phenoxy) is 1. The maximum absolute atomic E-state index is 7.92. The summed E-state index contributed by atoms with van der Waals surface area (Å²) in [5.41, 5.74) is 6.25. The second-order valence-corrected chi connectivity index (χ2v) is 8.53. The molecular formula is C31H26N2O. The molecule has 1 aliphatic rings. The topological polar surface area (TPSA) is 36.3 Å². The van der Waals surface area contributed by atoms with Gasteiger partial charge in [-0.2, -0.15) is 0 Å². The quantitative estimate of drug-likeness (QED) is 0.436. The Kier molecular flexibility index (Phi) is 5.84. The molecule has 1 N–H and O–H groups in total. The van der Waals surface area contributed by atoms with E-state index in [1.54, 1.807) is 0 Å². The molecule has 0 fully saturated rings. The van der Waals surface area contributed by atoms with Gasteiger partial charge < -0.3 is 15.0 Å².